The zero-order valence-electron chi connectivity index (χ0n) is 71.2. The number of hydrogen-bond acceptors (Lipinski definition) is 22. The predicted molar refractivity (Wildman–Crippen MR) is 449 cm³/mol. The second kappa shape index (κ2) is 62.4. The second-order valence-electron chi connectivity index (χ2n) is 32.3. The van der Waals surface area contributed by atoms with Crippen molar-refractivity contribution in [1.29, 1.82) is 0 Å². The molecular formula is C86H148N14O17. The molecule has 0 unspecified atom stereocenters. The monoisotopic (exact) mass is 1650 g/mol. The maximum atomic E-state index is 14.9. The molecule has 1 aliphatic heterocycles. The van der Waals surface area contributed by atoms with E-state index in [9.17, 15) is 82.1 Å². The zero-order valence-corrected chi connectivity index (χ0v) is 71.2. The Morgan fingerprint density at radius 3 is 1.50 bits per heavy atom. The van der Waals surface area contributed by atoms with Crippen LogP contribution in [0, 0.1) is 35.5 Å². The molecule has 13 atom stereocenters. The van der Waals surface area contributed by atoms with Gasteiger partial charge in [-0.2, -0.15) is 0 Å². The van der Waals surface area contributed by atoms with Crippen molar-refractivity contribution in [3.63, 3.8) is 0 Å². The van der Waals surface area contributed by atoms with Crippen LogP contribution in [-0.2, 0) is 78.3 Å². The van der Waals surface area contributed by atoms with Crippen LogP contribution in [-0.4, -0.2) is 199 Å². The molecule has 21 N–H and O–H groups in total. The Morgan fingerprint density at radius 2 is 0.940 bits per heavy atom. The van der Waals surface area contributed by atoms with Gasteiger partial charge >= 0.3 is 0 Å². The molecule has 1 heterocycles. The average Bonchev–Trinajstić information content (AvgIpc) is 1.32. The Hall–Kier alpha value is -7.81. The number of Topliss-reactive ketones (excluding diaryl/α,β-unsaturated/α-hetero) is 6. The summed E-state index contributed by atoms with van der Waals surface area (Å²) in [5.41, 5.74) is 30.7. The molecule has 0 aliphatic carbocycles. The third-order valence-electron chi connectivity index (χ3n) is 21.5. The van der Waals surface area contributed by atoms with E-state index in [-0.39, 0.29) is 133 Å². The number of hydrogen-bond donors (Lipinski definition) is 16. The molecule has 1 saturated heterocycles. The summed E-state index contributed by atoms with van der Waals surface area (Å²) in [6.07, 6.45) is 11.0. The number of rotatable bonds is 57. The number of carbonyl (C=O) groups is 15. The van der Waals surface area contributed by atoms with Gasteiger partial charge in [-0.1, -0.05) is 129 Å². The van der Waals surface area contributed by atoms with E-state index in [0.29, 0.717) is 82.9 Å². The number of nitrogens with two attached hydrogens (primary N) is 5. The third kappa shape index (κ3) is 45.3. The molecular weight excluding hydrogens is 1500 g/mol. The summed E-state index contributed by atoms with van der Waals surface area (Å²) in [6, 6.07) is 0.758. The number of ketones is 6. The summed E-state index contributed by atoms with van der Waals surface area (Å²) in [5.74, 6) is -14.7. The Kier molecular flexibility index (Phi) is 56.1. The van der Waals surface area contributed by atoms with E-state index < -0.39 is 168 Å². The summed E-state index contributed by atoms with van der Waals surface area (Å²) < 4.78 is 0. The Bertz CT molecular complexity index is 3180. The fraction of sp³-hybridized carbons (Fsp3) is 0.756. The first-order chi connectivity index (χ1) is 56.0. The van der Waals surface area contributed by atoms with Gasteiger partial charge in [-0.25, -0.2) is 0 Å². The lowest BCUT2D eigenvalue weighted by Crippen LogP contribution is -2.57. The molecule has 1 aromatic rings. The van der Waals surface area contributed by atoms with Gasteiger partial charge in [0.15, 0.2) is 23.1 Å². The van der Waals surface area contributed by atoms with Crippen LogP contribution in [0.15, 0.2) is 30.3 Å². The standard InChI is InChI=1S/C86H148N14O17/c1-7-9-11-12-13-21-30-61(52-65(104)33-24-18-27-48-93-79(110)35-25-15-14-22-31-64(103)32-23-17-26-47-92-78(109)34-10-8-2)80(111)96-70(38-44-89)77(108)56-67(59(6)102)84(115)97-69(37-43-88)74(105)53-62-41-49-94-83(114)66(58(5)101)55-76(107)71(39-45-90)98-85(116)72(40-46-91)99-86(117)73(50-57(3)4)100-82(113)63(51-60-28-19-16-20-29-60)54-75(106)68(36-42-87)95-81(62)112/h16,19-20,28-29,57-59,61-63,66-73,101-102H,7-15,17-18,21-27,30-56,87-91H2,1-6H3,(H,92,109)(H,93,110)(H,94,114)(H,95,112)(H,96,111)(H,97,115)(H,98,116)(H,99,117)(H,100,113)/t58-,59-,61-,62-,63+,66+,67+,68+,69+,70+,71+,72+,73+/m1/s1. The minimum Gasteiger partial charge on any atom is -0.393 e. The summed E-state index contributed by atoms with van der Waals surface area (Å²) in [6.45, 7) is 10.4. The van der Waals surface area contributed by atoms with Crippen molar-refractivity contribution in [2.75, 3.05) is 52.4 Å². The van der Waals surface area contributed by atoms with Crippen LogP contribution >= 0.6 is 0 Å². The Labute approximate surface area is 694 Å². The highest BCUT2D eigenvalue weighted by atomic mass is 16.3. The fourth-order valence-electron chi connectivity index (χ4n) is 14.4. The van der Waals surface area contributed by atoms with Gasteiger partial charge in [0.2, 0.25) is 53.2 Å². The number of nitrogens with one attached hydrogen (secondary N) is 9. The van der Waals surface area contributed by atoms with Gasteiger partial charge in [-0.15, -0.1) is 0 Å². The Morgan fingerprint density at radius 1 is 0.470 bits per heavy atom. The molecule has 0 spiro atoms. The largest absolute Gasteiger partial charge is 0.393 e. The maximum Gasteiger partial charge on any atom is 0.243 e. The number of carbonyl (C=O) groups excluding carboxylic acids is 15. The normalized spacial score (nSPS) is 19.9. The smallest absolute Gasteiger partial charge is 0.243 e. The molecule has 31 nitrogen and oxygen atoms in total. The number of aliphatic hydroxyl groups is 2. The van der Waals surface area contributed by atoms with E-state index in [1.807, 2.05) is 20.8 Å². The van der Waals surface area contributed by atoms with Crippen LogP contribution in [0.2, 0.25) is 0 Å². The van der Waals surface area contributed by atoms with Crippen LogP contribution in [0.1, 0.15) is 278 Å². The van der Waals surface area contributed by atoms with Crippen molar-refractivity contribution >= 4 is 87.9 Å². The SMILES string of the molecule is CCCCCCCC[C@H](CC(=O)CCCCCNC(=O)CCCCCCC(=O)CCCCCNC(=O)CCCC)C(=O)N[C@@H](CCN)C(=O)C[C@H](C(=O)N[C@@H](CCN)C(=O)C[C@H]1CCNC(=O)[C@H]([C@@H](C)O)CC(=O)[C@H](CCN)NC(=O)[C@H](CCN)NC(=O)[C@H](CC(C)C)NC(=O)[C@@H](Cc2ccccc2)CC(=O)[C@H](CCN)NC1=O)[C@@H](C)O. The maximum absolute atomic E-state index is 14.9. The van der Waals surface area contributed by atoms with Crippen LogP contribution < -0.4 is 76.5 Å². The van der Waals surface area contributed by atoms with Crippen molar-refractivity contribution in [2.45, 2.75) is 328 Å². The van der Waals surface area contributed by atoms with Crippen molar-refractivity contribution in [3.05, 3.63) is 35.9 Å². The second-order valence-corrected chi connectivity index (χ2v) is 32.3. The fourth-order valence-corrected chi connectivity index (χ4v) is 14.4. The molecule has 117 heavy (non-hydrogen) atoms. The lowest BCUT2D eigenvalue weighted by Gasteiger charge is -2.28. The lowest BCUT2D eigenvalue weighted by atomic mass is 9.88. The number of unbranched alkanes of at least 4 members (excludes halogenated alkanes) is 13. The van der Waals surface area contributed by atoms with Gasteiger partial charge in [-0.3, -0.25) is 71.9 Å². The number of amides is 9. The molecule has 0 saturated carbocycles. The highest BCUT2D eigenvalue weighted by Crippen LogP contribution is 2.24. The molecule has 9 amide bonds. The first kappa shape index (κ1) is 105. The summed E-state index contributed by atoms with van der Waals surface area (Å²) >= 11 is 0. The molecule has 1 aliphatic rings. The van der Waals surface area contributed by atoms with Crippen LogP contribution in [0.3, 0.4) is 0 Å². The van der Waals surface area contributed by atoms with Gasteiger partial charge in [0, 0.05) is 102 Å². The number of benzene rings is 1. The number of aliphatic hydroxyl groups excluding tert-OH is 2. The molecule has 0 bridgehead atoms. The quantitative estimate of drug-likeness (QED) is 0.0404. The van der Waals surface area contributed by atoms with Gasteiger partial charge in [0.25, 0.3) is 0 Å². The molecule has 1 fully saturated rings. The Balaban J connectivity index is 2.37. The van der Waals surface area contributed by atoms with Crippen LogP contribution in [0.5, 0.6) is 0 Å². The van der Waals surface area contributed by atoms with E-state index in [4.69, 9.17) is 28.7 Å². The molecule has 31 heteroatoms. The minimum absolute atomic E-state index is 0.0126. The lowest BCUT2D eigenvalue weighted by molar-refractivity contribution is -0.138. The highest BCUT2D eigenvalue weighted by molar-refractivity contribution is 5.99. The first-order valence-electron chi connectivity index (χ1n) is 43.7. The van der Waals surface area contributed by atoms with Gasteiger partial charge in [0.1, 0.15) is 23.7 Å². The topological polar surface area (TPSA) is 535 Å². The first-order valence-corrected chi connectivity index (χ1v) is 43.7. The van der Waals surface area contributed by atoms with Crippen molar-refractivity contribution in [1.82, 2.24) is 47.9 Å². The van der Waals surface area contributed by atoms with E-state index in [0.717, 1.165) is 83.5 Å². The summed E-state index contributed by atoms with van der Waals surface area (Å²) in [4.78, 5) is 209. The van der Waals surface area contributed by atoms with Crippen molar-refractivity contribution < 1.29 is 82.1 Å². The third-order valence-corrected chi connectivity index (χ3v) is 21.5. The van der Waals surface area contributed by atoms with E-state index in [2.05, 4.69) is 54.8 Å². The summed E-state index contributed by atoms with van der Waals surface area (Å²) in [5, 5.41) is 47.0. The molecule has 0 radical (unpaired) electrons. The minimum atomic E-state index is -1.52. The van der Waals surface area contributed by atoms with Crippen LogP contribution in [0.25, 0.3) is 0 Å². The molecule has 2 rings (SSSR count). The highest BCUT2D eigenvalue weighted by Gasteiger charge is 2.39. The average molecular weight is 1650 g/mol. The van der Waals surface area contributed by atoms with E-state index in [1.54, 1.807) is 30.3 Å². The van der Waals surface area contributed by atoms with Gasteiger partial charge in [0.05, 0.1) is 48.2 Å². The molecule has 1 aromatic carbocycles. The van der Waals surface area contributed by atoms with Gasteiger partial charge in [-0.05, 0) is 161 Å². The molecule has 0 aromatic heterocycles. The zero-order chi connectivity index (χ0) is 87.0. The van der Waals surface area contributed by atoms with Crippen LogP contribution in [0.4, 0.5) is 0 Å². The van der Waals surface area contributed by atoms with Crippen molar-refractivity contribution in [3.8, 4) is 0 Å². The van der Waals surface area contributed by atoms with E-state index in [1.165, 1.54) is 13.8 Å². The summed E-state index contributed by atoms with van der Waals surface area (Å²) in [7, 11) is 0. The van der Waals surface area contributed by atoms with E-state index >= 15 is 0 Å². The van der Waals surface area contributed by atoms with Gasteiger partial charge < -0.3 is 86.7 Å². The van der Waals surface area contributed by atoms with Crippen molar-refractivity contribution in [2.24, 2.45) is 64.2 Å². The molecule has 664 valence electrons. The predicted octanol–water partition coefficient (Wildman–Crippen LogP) is 4.29.